The van der Waals surface area contributed by atoms with Gasteiger partial charge in [-0.2, -0.15) is 0 Å². The van der Waals surface area contributed by atoms with E-state index in [-0.39, 0.29) is 6.04 Å². The number of ether oxygens (including phenoxy) is 1. The van der Waals surface area contributed by atoms with Crippen molar-refractivity contribution < 1.29 is 4.74 Å². The number of benzene rings is 2. The van der Waals surface area contributed by atoms with E-state index in [9.17, 15) is 0 Å². The smallest absolute Gasteiger partial charge is 0.122 e. The molecule has 2 aromatic carbocycles. The van der Waals surface area contributed by atoms with Crippen molar-refractivity contribution in [3.05, 3.63) is 42.0 Å². The number of hydrogen-bond acceptors (Lipinski definition) is 2. The van der Waals surface area contributed by atoms with Crippen molar-refractivity contribution in [1.82, 2.24) is 0 Å². The third-order valence-corrected chi connectivity index (χ3v) is 4.04. The quantitative estimate of drug-likeness (QED) is 0.894. The minimum Gasteiger partial charge on any atom is -0.496 e. The lowest BCUT2D eigenvalue weighted by Gasteiger charge is -2.13. The highest BCUT2D eigenvalue weighted by Crippen LogP contribution is 2.53. The molecule has 3 atom stereocenters. The van der Waals surface area contributed by atoms with Crippen molar-refractivity contribution >= 4 is 10.8 Å². The number of nitrogens with two attached hydrogens (primary N) is 1. The molecule has 2 N–H and O–H groups in total. The minimum atomic E-state index is 0.263. The summed E-state index contributed by atoms with van der Waals surface area (Å²) in [6.45, 7) is 2.10. The van der Waals surface area contributed by atoms with E-state index in [2.05, 4.69) is 43.3 Å². The molecule has 0 aromatic heterocycles. The molecule has 1 saturated carbocycles. The maximum atomic E-state index is 6.02. The van der Waals surface area contributed by atoms with E-state index in [0.717, 1.165) is 5.75 Å². The molecule has 0 heterocycles. The van der Waals surface area contributed by atoms with Gasteiger partial charge in [-0.15, -0.1) is 0 Å². The van der Waals surface area contributed by atoms with Crippen LogP contribution in [-0.4, -0.2) is 13.2 Å². The zero-order chi connectivity index (χ0) is 12.7. The van der Waals surface area contributed by atoms with Gasteiger partial charge in [0.2, 0.25) is 0 Å². The van der Waals surface area contributed by atoms with Crippen LogP contribution >= 0.6 is 0 Å². The zero-order valence-electron chi connectivity index (χ0n) is 10.9. The molecular formula is C16H19NO. The van der Waals surface area contributed by atoms with Crippen LogP contribution in [0.1, 0.15) is 24.8 Å². The molecule has 0 amide bonds. The van der Waals surface area contributed by atoms with E-state index in [4.69, 9.17) is 10.5 Å². The first-order chi connectivity index (χ1) is 8.72. The van der Waals surface area contributed by atoms with E-state index in [0.29, 0.717) is 11.8 Å². The van der Waals surface area contributed by atoms with Crippen LogP contribution < -0.4 is 10.5 Å². The van der Waals surface area contributed by atoms with Gasteiger partial charge >= 0.3 is 0 Å². The highest BCUT2D eigenvalue weighted by Gasteiger charge is 2.43. The van der Waals surface area contributed by atoms with Crippen LogP contribution in [0.4, 0.5) is 0 Å². The standard InChI is InChI=1S/C16H19NO/c1-10(17)13-9-14(13)16-12-6-4-3-5-11(12)7-8-15(16)18-2/h3-8,10,13-14H,9,17H2,1-2H3/t10-,13+,14-/m1/s1. The summed E-state index contributed by atoms with van der Waals surface area (Å²) < 4.78 is 5.54. The molecule has 0 unspecified atom stereocenters. The van der Waals surface area contributed by atoms with Crippen molar-refractivity contribution in [3.8, 4) is 5.75 Å². The first-order valence-corrected chi connectivity index (χ1v) is 6.53. The SMILES string of the molecule is COc1ccc2ccccc2c1[C@@H]1C[C@H]1[C@@H](C)N. The van der Waals surface area contributed by atoms with Gasteiger partial charge in [0, 0.05) is 11.6 Å². The predicted octanol–water partition coefficient (Wildman–Crippen LogP) is 3.30. The highest BCUT2D eigenvalue weighted by atomic mass is 16.5. The van der Waals surface area contributed by atoms with Crippen molar-refractivity contribution in [2.24, 2.45) is 11.7 Å². The fourth-order valence-corrected chi connectivity index (χ4v) is 2.96. The Morgan fingerprint density at radius 3 is 2.67 bits per heavy atom. The number of rotatable bonds is 3. The Balaban J connectivity index is 2.14. The van der Waals surface area contributed by atoms with Crippen LogP contribution in [0.25, 0.3) is 10.8 Å². The summed E-state index contributed by atoms with van der Waals surface area (Å²) in [5.74, 6) is 2.16. The van der Waals surface area contributed by atoms with Crippen molar-refractivity contribution in [3.63, 3.8) is 0 Å². The Kier molecular flexibility index (Phi) is 2.75. The minimum absolute atomic E-state index is 0.263. The molecule has 0 radical (unpaired) electrons. The number of methoxy groups -OCH3 is 1. The molecule has 0 saturated heterocycles. The Bertz CT molecular complexity index is 576. The molecule has 2 nitrogen and oxygen atoms in total. The Labute approximate surface area is 108 Å². The largest absolute Gasteiger partial charge is 0.496 e. The van der Waals surface area contributed by atoms with Gasteiger partial charge in [0.15, 0.2) is 0 Å². The molecule has 2 heteroatoms. The summed E-state index contributed by atoms with van der Waals surface area (Å²) in [4.78, 5) is 0. The average molecular weight is 241 g/mol. The summed E-state index contributed by atoms with van der Waals surface area (Å²) >= 11 is 0. The van der Waals surface area contributed by atoms with Gasteiger partial charge in [-0.1, -0.05) is 30.3 Å². The Hall–Kier alpha value is -1.54. The lowest BCUT2D eigenvalue weighted by atomic mass is 9.98. The van der Waals surface area contributed by atoms with Gasteiger partial charge in [-0.25, -0.2) is 0 Å². The third-order valence-electron chi connectivity index (χ3n) is 4.04. The molecule has 1 fully saturated rings. The zero-order valence-corrected chi connectivity index (χ0v) is 10.9. The van der Waals surface area contributed by atoms with Gasteiger partial charge in [-0.05, 0) is 42.0 Å². The fraction of sp³-hybridized carbons (Fsp3) is 0.375. The van der Waals surface area contributed by atoms with Gasteiger partial charge in [-0.3, -0.25) is 0 Å². The molecular weight excluding hydrogens is 222 g/mol. The van der Waals surface area contributed by atoms with E-state index in [1.54, 1.807) is 7.11 Å². The number of hydrogen-bond donors (Lipinski definition) is 1. The monoisotopic (exact) mass is 241 g/mol. The fourth-order valence-electron chi connectivity index (χ4n) is 2.96. The molecule has 3 rings (SSSR count). The van der Waals surface area contributed by atoms with Gasteiger partial charge in [0.1, 0.15) is 5.75 Å². The molecule has 2 aromatic rings. The average Bonchev–Trinajstić information content (AvgIpc) is 3.17. The maximum absolute atomic E-state index is 6.02. The molecule has 1 aliphatic rings. The second-order valence-corrected chi connectivity index (χ2v) is 5.27. The predicted molar refractivity (Wildman–Crippen MR) is 75.0 cm³/mol. The first-order valence-electron chi connectivity index (χ1n) is 6.53. The molecule has 0 bridgehead atoms. The molecule has 0 aliphatic heterocycles. The lowest BCUT2D eigenvalue weighted by molar-refractivity contribution is 0.409. The normalized spacial score (nSPS) is 23.9. The summed E-state index contributed by atoms with van der Waals surface area (Å²) in [6.07, 6.45) is 1.18. The lowest BCUT2D eigenvalue weighted by Crippen LogP contribution is -2.18. The molecule has 1 aliphatic carbocycles. The summed E-state index contributed by atoms with van der Waals surface area (Å²) in [7, 11) is 1.75. The van der Waals surface area contributed by atoms with Crippen LogP contribution in [0.5, 0.6) is 5.75 Å². The Morgan fingerprint density at radius 2 is 2.00 bits per heavy atom. The second-order valence-electron chi connectivity index (χ2n) is 5.27. The summed E-state index contributed by atoms with van der Waals surface area (Å²) in [5, 5.41) is 2.59. The van der Waals surface area contributed by atoms with Gasteiger partial charge < -0.3 is 10.5 Å². The van der Waals surface area contributed by atoms with Gasteiger partial charge in [0.05, 0.1) is 7.11 Å². The first kappa shape index (κ1) is 11.5. The van der Waals surface area contributed by atoms with Crippen molar-refractivity contribution in [2.75, 3.05) is 7.11 Å². The maximum Gasteiger partial charge on any atom is 0.122 e. The Morgan fingerprint density at radius 1 is 1.22 bits per heavy atom. The second kappa shape index (κ2) is 4.29. The van der Waals surface area contributed by atoms with E-state index in [1.807, 2.05) is 0 Å². The van der Waals surface area contributed by atoms with E-state index >= 15 is 0 Å². The van der Waals surface area contributed by atoms with Crippen molar-refractivity contribution in [2.45, 2.75) is 25.3 Å². The summed E-state index contributed by atoms with van der Waals surface area (Å²) in [6, 6.07) is 13.0. The molecule has 94 valence electrons. The van der Waals surface area contributed by atoms with Crippen molar-refractivity contribution in [1.29, 1.82) is 0 Å². The molecule has 18 heavy (non-hydrogen) atoms. The van der Waals surface area contributed by atoms with Crippen LogP contribution in [0.2, 0.25) is 0 Å². The highest BCUT2D eigenvalue weighted by molar-refractivity contribution is 5.88. The summed E-state index contributed by atoms with van der Waals surface area (Å²) in [5.41, 5.74) is 7.37. The van der Waals surface area contributed by atoms with Crippen LogP contribution in [0.15, 0.2) is 36.4 Å². The van der Waals surface area contributed by atoms with E-state index < -0.39 is 0 Å². The molecule has 0 spiro atoms. The topological polar surface area (TPSA) is 35.2 Å². The van der Waals surface area contributed by atoms with Crippen LogP contribution in [0.3, 0.4) is 0 Å². The van der Waals surface area contributed by atoms with Gasteiger partial charge in [0.25, 0.3) is 0 Å². The third kappa shape index (κ3) is 1.77. The van der Waals surface area contributed by atoms with Crippen LogP contribution in [0, 0.1) is 5.92 Å². The van der Waals surface area contributed by atoms with Crippen LogP contribution in [-0.2, 0) is 0 Å². The van der Waals surface area contributed by atoms with E-state index in [1.165, 1.54) is 22.8 Å². The number of fused-ring (bicyclic) bond motifs is 1.